The molecule has 2 heterocycles. The molecule has 0 unspecified atom stereocenters. The van der Waals surface area contributed by atoms with Crippen LogP contribution in [0.2, 0.25) is 5.02 Å². The summed E-state index contributed by atoms with van der Waals surface area (Å²) in [6.07, 6.45) is 1.15. The van der Waals surface area contributed by atoms with Crippen LogP contribution in [0.1, 0.15) is 23.4 Å². The molecule has 3 rings (SSSR count). The second kappa shape index (κ2) is 8.70. The third-order valence-corrected chi connectivity index (χ3v) is 5.20. The lowest BCUT2D eigenvalue weighted by Gasteiger charge is -2.36. The zero-order chi connectivity index (χ0) is 17.6. The van der Waals surface area contributed by atoms with E-state index in [1.165, 1.54) is 5.56 Å². The third-order valence-electron chi connectivity index (χ3n) is 4.88. The molecule has 2 aromatic rings. The van der Waals surface area contributed by atoms with Gasteiger partial charge in [-0.2, -0.15) is 0 Å². The molecule has 25 heavy (non-hydrogen) atoms. The molecule has 1 aromatic carbocycles. The Morgan fingerprint density at radius 3 is 2.60 bits per heavy atom. The number of halogens is 1. The SMILES string of the molecule is Cc1noc(C)c1CNCCCN1CCN(c2ccccc2Cl)CC1. The lowest BCUT2D eigenvalue weighted by Crippen LogP contribution is -2.47. The number of benzene rings is 1. The lowest BCUT2D eigenvalue weighted by molar-refractivity contribution is 0.254. The zero-order valence-corrected chi connectivity index (χ0v) is 15.9. The number of anilines is 1. The molecular formula is C19H27ClN4O. The molecule has 0 saturated carbocycles. The van der Waals surface area contributed by atoms with Crippen molar-refractivity contribution in [3.05, 3.63) is 46.3 Å². The summed E-state index contributed by atoms with van der Waals surface area (Å²) >= 11 is 6.30. The van der Waals surface area contributed by atoms with Crippen LogP contribution in [0.15, 0.2) is 28.8 Å². The van der Waals surface area contributed by atoms with E-state index in [0.717, 1.165) is 74.4 Å². The van der Waals surface area contributed by atoms with Gasteiger partial charge in [0.2, 0.25) is 0 Å². The minimum atomic E-state index is 0.835. The molecule has 1 aromatic heterocycles. The Bertz CT molecular complexity index is 660. The fourth-order valence-corrected chi connectivity index (χ4v) is 3.57. The van der Waals surface area contributed by atoms with Gasteiger partial charge in [0.05, 0.1) is 16.4 Å². The van der Waals surface area contributed by atoms with E-state index in [1.807, 2.05) is 26.0 Å². The molecule has 5 nitrogen and oxygen atoms in total. The maximum atomic E-state index is 6.30. The number of hydrogen-bond donors (Lipinski definition) is 1. The van der Waals surface area contributed by atoms with Crippen molar-refractivity contribution in [1.29, 1.82) is 0 Å². The largest absolute Gasteiger partial charge is 0.368 e. The first-order valence-corrected chi connectivity index (χ1v) is 9.37. The molecule has 0 amide bonds. The summed E-state index contributed by atoms with van der Waals surface area (Å²) in [6.45, 7) is 11.2. The molecule has 0 atom stereocenters. The number of hydrogen-bond acceptors (Lipinski definition) is 5. The minimum absolute atomic E-state index is 0.835. The Kier molecular flexibility index (Phi) is 6.34. The third kappa shape index (κ3) is 4.75. The monoisotopic (exact) mass is 362 g/mol. The topological polar surface area (TPSA) is 44.5 Å². The van der Waals surface area contributed by atoms with Crippen LogP contribution in [-0.2, 0) is 6.54 Å². The van der Waals surface area contributed by atoms with Crippen LogP contribution >= 0.6 is 11.6 Å². The molecule has 0 spiro atoms. The van der Waals surface area contributed by atoms with Crippen molar-refractivity contribution in [2.75, 3.05) is 44.2 Å². The average Bonchev–Trinajstić information content (AvgIpc) is 2.94. The van der Waals surface area contributed by atoms with Crippen LogP contribution in [0.25, 0.3) is 0 Å². The van der Waals surface area contributed by atoms with Gasteiger partial charge in [0.25, 0.3) is 0 Å². The molecule has 1 saturated heterocycles. The first-order chi connectivity index (χ1) is 12.1. The molecular weight excluding hydrogens is 336 g/mol. The first-order valence-electron chi connectivity index (χ1n) is 8.99. The van der Waals surface area contributed by atoms with E-state index in [4.69, 9.17) is 16.1 Å². The maximum Gasteiger partial charge on any atom is 0.138 e. The van der Waals surface area contributed by atoms with Gasteiger partial charge in [-0.15, -0.1) is 0 Å². The Balaban J connectivity index is 1.34. The molecule has 0 radical (unpaired) electrons. The van der Waals surface area contributed by atoms with Crippen LogP contribution in [0.5, 0.6) is 0 Å². The summed E-state index contributed by atoms with van der Waals surface area (Å²) < 4.78 is 5.19. The van der Waals surface area contributed by atoms with E-state index in [0.29, 0.717) is 0 Å². The number of nitrogens with zero attached hydrogens (tertiary/aromatic N) is 3. The summed E-state index contributed by atoms with van der Waals surface area (Å²) in [7, 11) is 0. The van der Waals surface area contributed by atoms with Crippen LogP contribution < -0.4 is 10.2 Å². The fourth-order valence-electron chi connectivity index (χ4n) is 3.32. The zero-order valence-electron chi connectivity index (χ0n) is 15.1. The highest BCUT2D eigenvalue weighted by atomic mass is 35.5. The van der Waals surface area contributed by atoms with E-state index < -0.39 is 0 Å². The maximum absolute atomic E-state index is 6.30. The number of piperazine rings is 1. The molecule has 1 aliphatic heterocycles. The quantitative estimate of drug-likeness (QED) is 0.766. The number of aryl methyl sites for hydroxylation is 2. The van der Waals surface area contributed by atoms with Gasteiger partial charge in [-0.1, -0.05) is 28.9 Å². The van der Waals surface area contributed by atoms with Crippen molar-refractivity contribution in [3.63, 3.8) is 0 Å². The predicted octanol–water partition coefficient (Wildman–Crippen LogP) is 3.25. The van der Waals surface area contributed by atoms with Gasteiger partial charge in [-0.3, -0.25) is 4.90 Å². The van der Waals surface area contributed by atoms with E-state index >= 15 is 0 Å². The lowest BCUT2D eigenvalue weighted by atomic mass is 10.2. The summed E-state index contributed by atoms with van der Waals surface area (Å²) in [5.74, 6) is 0.917. The van der Waals surface area contributed by atoms with Crippen molar-refractivity contribution in [1.82, 2.24) is 15.4 Å². The summed E-state index contributed by atoms with van der Waals surface area (Å²) in [5.41, 5.74) is 3.33. The molecule has 1 N–H and O–H groups in total. The fraction of sp³-hybridized carbons (Fsp3) is 0.526. The first kappa shape index (κ1) is 18.2. The molecule has 1 aliphatic rings. The van der Waals surface area contributed by atoms with Crippen LogP contribution in [0.4, 0.5) is 5.69 Å². The highest BCUT2D eigenvalue weighted by Crippen LogP contribution is 2.25. The van der Waals surface area contributed by atoms with Crippen molar-refractivity contribution >= 4 is 17.3 Å². The van der Waals surface area contributed by atoms with Crippen LogP contribution in [0, 0.1) is 13.8 Å². The number of para-hydroxylation sites is 1. The van der Waals surface area contributed by atoms with E-state index in [1.54, 1.807) is 0 Å². The summed E-state index contributed by atoms with van der Waals surface area (Å²) in [4.78, 5) is 4.92. The van der Waals surface area contributed by atoms with Crippen molar-refractivity contribution in [3.8, 4) is 0 Å². The summed E-state index contributed by atoms with van der Waals surface area (Å²) in [6, 6.07) is 8.11. The van der Waals surface area contributed by atoms with Gasteiger partial charge < -0.3 is 14.7 Å². The second-order valence-corrected chi connectivity index (χ2v) is 7.02. The van der Waals surface area contributed by atoms with E-state index in [2.05, 4.69) is 32.4 Å². The van der Waals surface area contributed by atoms with Gasteiger partial charge in [-0.05, 0) is 45.5 Å². The Hall–Kier alpha value is -1.56. The number of aromatic nitrogens is 1. The molecule has 1 fully saturated rings. The van der Waals surface area contributed by atoms with Gasteiger partial charge >= 0.3 is 0 Å². The molecule has 0 bridgehead atoms. The molecule has 136 valence electrons. The summed E-state index contributed by atoms with van der Waals surface area (Å²) in [5, 5.41) is 8.33. The standard InChI is InChI=1S/C19H27ClN4O/c1-15-17(16(2)25-22-15)14-21-8-5-9-23-10-12-24(13-11-23)19-7-4-3-6-18(19)20/h3-4,6-7,21H,5,8-14H2,1-2H3. The van der Waals surface area contributed by atoms with Crippen LogP contribution in [0.3, 0.4) is 0 Å². The number of rotatable bonds is 7. The highest BCUT2D eigenvalue weighted by molar-refractivity contribution is 6.33. The van der Waals surface area contributed by atoms with Crippen molar-refractivity contribution in [2.45, 2.75) is 26.8 Å². The molecule has 0 aliphatic carbocycles. The van der Waals surface area contributed by atoms with E-state index in [-0.39, 0.29) is 0 Å². The van der Waals surface area contributed by atoms with E-state index in [9.17, 15) is 0 Å². The highest BCUT2D eigenvalue weighted by Gasteiger charge is 2.18. The predicted molar refractivity (Wildman–Crippen MR) is 102 cm³/mol. The Labute approximate surface area is 154 Å². The minimum Gasteiger partial charge on any atom is -0.368 e. The van der Waals surface area contributed by atoms with Crippen LogP contribution in [-0.4, -0.2) is 49.3 Å². The van der Waals surface area contributed by atoms with Gasteiger partial charge in [0.1, 0.15) is 5.76 Å². The van der Waals surface area contributed by atoms with Gasteiger partial charge in [0, 0.05) is 38.3 Å². The Morgan fingerprint density at radius 1 is 1.16 bits per heavy atom. The average molecular weight is 363 g/mol. The normalized spacial score (nSPS) is 15.7. The number of nitrogens with one attached hydrogen (secondary N) is 1. The van der Waals surface area contributed by atoms with Crippen molar-refractivity contribution in [2.24, 2.45) is 0 Å². The smallest absolute Gasteiger partial charge is 0.138 e. The van der Waals surface area contributed by atoms with Crippen molar-refractivity contribution < 1.29 is 4.52 Å². The molecule has 6 heteroatoms. The van der Waals surface area contributed by atoms with Gasteiger partial charge in [-0.25, -0.2) is 0 Å². The second-order valence-electron chi connectivity index (χ2n) is 6.61. The van der Waals surface area contributed by atoms with Gasteiger partial charge in [0.15, 0.2) is 0 Å². The Morgan fingerprint density at radius 2 is 1.92 bits per heavy atom.